The van der Waals surface area contributed by atoms with Crippen molar-refractivity contribution < 1.29 is 27.3 Å². The van der Waals surface area contributed by atoms with Crippen LogP contribution in [-0.2, 0) is 10.0 Å². The highest BCUT2D eigenvalue weighted by Gasteiger charge is 2.48. The Balaban J connectivity index is 1.64. The molecule has 1 N–H and O–H groups in total. The Morgan fingerprint density at radius 2 is 1.93 bits per heavy atom. The first-order valence-corrected chi connectivity index (χ1v) is 9.62. The highest BCUT2D eigenvalue weighted by molar-refractivity contribution is 7.90. The second-order valence-corrected chi connectivity index (χ2v) is 8.21. The Labute approximate surface area is 158 Å². The third kappa shape index (κ3) is 2.80. The van der Waals surface area contributed by atoms with Gasteiger partial charge in [0.25, 0.3) is 21.8 Å². The number of hydrogen-bond acceptors (Lipinski definition) is 6. The van der Waals surface area contributed by atoms with Gasteiger partial charge in [-0.1, -0.05) is 0 Å². The molecule has 0 atom stereocenters. The number of nitrogens with one attached hydrogen (secondary N) is 1. The topological polar surface area (TPSA) is 127 Å². The molecule has 0 saturated heterocycles. The lowest BCUT2D eigenvalue weighted by Crippen LogP contribution is -2.31. The SMILES string of the molecule is O=C(Nc1ccc(F)c([N+](=O)[O-])c1)c1ccc2c(c1)S(=O)(=O)N(C1CC1)C2=O. The number of carbonyl (C=O) groups excluding carboxylic acids is 2. The van der Waals surface area contributed by atoms with Gasteiger partial charge in [0.1, 0.15) is 4.90 Å². The lowest BCUT2D eigenvalue weighted by atomic mass is 10.1. The molecule has 0 unspecified atom stereocenters. The van der Waals surface area contributed by atoms with E-state index >= 15 is 0 Å². The molecule has 0 spiro atoms. The molecule has 4 rings (SSSR count). The number of rotatable bonds is 4. The third-order valence-electron chi connectivity index (χ3n) is 4.49. The summed E-state index contributed by atoms with van der Waals surface area (Å²) >= 11 is 0. The van der Waals surface area contributed by atoms with E-state index in [1.54, 1.807) is 0 Å². The molecule has 1 aliphatic heterocycles. The molecule has 144 valence electrons. The van der Waals surface area contributed by atoms with Crippen LogP contribution < -0.4 is 5.32 Å². The van der Waals surface area contributed by atoms with E-state index in [0.717, 1.165) is 28.6 Å². The van der Waals surface area contributed by atoms with Crippen LogP contribution in [0.3, 0.4) is 0 Å². The fourth-order valence-corrected chi connectivity index (χ4v) is 4.83. The van der Waals surface area contributed by atoms with Crippen molar-refractivity contribution in [3.05, 3.63) is 63.5 Å². The van der Waals surface area contributed by atoms with Gasteiger partial charge in [0.05, 0.1) is 10.5 Å². The number of nitro groups is 1. The lowest BCUT2D eigenvalue weighted by molar-refractivity contribution is -0.387. The van der Waals surface area contributed by atoms with Crippen LogP contribution in [0.15, 0.2) is 41.3 Å². The Bertz CT molecular complexity index is 1160. The zero-order chi connectivity index (χ0) is 20.2. The Hall–Kier alpha value is -3.34. The molecule has 28 heavy (non-hydrogen) atoms. The minimum absolute atomic E-state index is 0.000806. The van der Waals surface area contributed by atoms with Gasteiger partial charge in [-0.2, -0.15) is 4.39 Å². The van der Waals surface area contributed by atoms with Gasteiger partial charge in [0.2, 0.25) is 5.82 Å². The van der Waals surface area contributed by atoms with Gasteiger partial charge < -0.3 is 5.32 Å². The van der Waals surface area contributed by atoms with Gasteiger partial charge in [-0.3, -0.25) is 19.7 Å². The van der Waals surface area contributed by atoms with Crippen molar-refractivity contribution >= 4 is 33.2 Å². The number of halogens is 1. The minimum Gasteiger partial charge on any atom is -0.322 e. The van der Waals surface area contributed by atoms with E-state index in [1.807, 2.05) is 0 Å². The fourth-order valence-electron chi connectivity index (χ4n) is 2.99. The monoisotopic (exact) mass is 405 g/mol. The van der Waals surface area contributed by atoms with Crippen LogP contribution in [0.4, 0.5) is 15.8 Å². The molecule has 9 nitrogen and oxygen atoms in total. The summed E-state index contributed by atoms with van der Waals surface area (Å²) in [5, 5.41) is 13.2. The summed E-state index contributed by atoms with van der Waals surface area (Å²) in [6.45, 7) is 0. The molecule has 0 bridgehead atoms. The van der Waals surface area contributed by atoms with Crippen LogP contribution in [0.5, 0.6) is 0 Å². The predicted molar refractivity (Wildman–Crippen MR) is 93.8 cm³/mol. The Morgan fingerprint density at radius 3 is 2.57 bits per heavy atom. The van der Waals surface area contributed by atoms with E-state index in [2.05, 4.69) is 5.32 Å². The molecule has 2 aliphatic rings. The Kier molecular flexibility index (Phi) is 3.93. The molecule has 2 amide bonds. The average molecular weight is 405 g/mol. The summed E-state index contributed by atoms with van der Waals surface area (Å²) in [6, 6.07) is 6.14. The van der Waals surface area contributed by atoms with Crippen LogP contribution in [0.25, 0.3) is 0 Å². The number of hydrogen-bond donors (Lipinski definition) is 1. The van der Waals surface area contributed by atoms with E-state index in [-0.39, 0.29) is 27.8 Å². The van der Waals surface area contributed by atoms with Gasteiger partial charge in [-0.15, -0.1) is 0 Å². The van der Waals surface area contributed by atoms with Crippen molar-refractivity contribution in [2.45, 2.75) is 23.8 Å². The van der Waals surface area contributed by atoms with Crippen molar-refractivity contribution in [2.75, 3.05) is 5.32 Å². The molecule has 0 aromatic heterocycles. The molecule has 1 saturated carbocycles. The Morgan fingerprint density at radius 1 is 1.21 bits per heavy atom. The second kappa shape index (κ2) is 6.09. The molecule has 1 fully saturated rings. The fraction of sp³-hybridized carbons (Fsp3) is 0.176. The van der Waals surface area contributed by atoms with Crippen LogP contribution >= 0.6 is 0 Å². The van der Waals surface area contributed by atoms with Crippen LogP contribution in [0, 0.1) is 15.9 Å². The minimum atomic E-state index is -4.02. The molecule has 1 aliphatic carbocycles. The van der Waals surface area contributed by atoms with Crippen LogP contribution in [0.1, 0.15) is 33.6 Å². The van der Waals surface area contributed by atoms with Gasteiger partial charge in [-0.25, -0.2) is 12.7 Å². The van der Waals surface area contributed by atoms with Gasteiger partial charge in [-0.05, 0) is 43.2 Å². The highest BCUT2D eigenvalue weighted by Crippen LogP contribution is 2.39. The summed E-state index contributed by atoms with van der Waals surface area (Å²) in [5.41, 5.74) is -0.891. The summed E-state index contributed by atoms with van der Waals surface area (Å²) in [7, 11) is -4.02. The zero-order valence-corrected chi connectivity index (χ0v) is 14.9. The molecule has 2 aromatic rings. The highest BCUT2D eigenvalue weighted by atomic mass is 32.2. The molecule has 11 heteroatoms. The zero-order valence-electron chi connectivity index (χ0n) is 14.1. The number of nitro benzene ring substituents is 1. The first-order valence-electron chi connectivity index (χ1n) is 8.18. The normalized spacial score (nSPS) is 17.3. The summed E-state index contributed by atoms with van der Waals surface area (Å²) in [6.07, 6.45) is 1.21. The summed E-state index contributed by atoms with van der Waals surface area (Å²) < 4.78 is 39.5. The number of anilines is 1. The van der Waals surface area contributed by atoms with Crippen molar-refractivity contribution in [2.24, 2.45) is 0 Å². The predicted octanol–water partition coefficient (Wildman–Crippen LogP) is 2.29. The molecular weight excluding hydrogens is 393 g/mol. The first-order chi connectivity index (χ1) is 13.2. The van der Waals surface area contributed by atoms with Crippen LogP contribution in [-0.4, -0.2) is 35.5 Å². The van der Waals surface area contributed by atoms with E-state index < -0.39 is 38.3 Å². The summed E-state index contributed by atoms with van der Waals surface area (Å²) in [4.78, 5) is 34.4. The van der Waals surface area contributed by atoms with Crippen LogP contribution in [0.2, 0.25) is 0 Å². The number of nitrogens with zero attached hydrogens (tertiary/aromatic N) is 2. The molecule has 0 radical (unpaired) electrons. The third-order valence-corrected chi connectivity index (χ3v) is 6.37. The number of fused-ring (bicyclic) bond motifs is 1. The van der Waals surface area contributed by atoms with Crippen molar-refractivity contribution in [1.82, 2.24) is 4.31 Å². The van der Waals surface area contributed by atoms with E-state index in [4.69, 9.17) is 0 Å². The average Bonchev–Trinajstić information content (AvgIpc) is 3.44. The number of benzene rings is 2. The molecular formula is C17H12FN3O6S. The van der Waals surface area contributed by atoms with Gasteiger partial charge in [0.15, 0.2) is 0 Å². The quantitative estimate of drug-likeness (QED) is 0.614. The summed E-state index contributed by atoms with van der Waals surface area (Å²) in [5.74, 6) is -2.42. The van der Waals surface area contributed by atoms with E-state index in [1.165, 1.54) is 12.1 Å². The maximum Gasteiger partial charge on any atom is 0.306 e. The van der Waals surface area contributed by atoms with Crippen molar-refractivity contribution in [3.8, 4) is 0 Å². The molecule has 1 heterocycles. The molecule has 2 aromatic carbocycles. The van der Waals surface area contributed by atoms with E-state index in [9.17, 15) is 32.5 Å². The lowest BCUT2D eigenvalue weighted by Gasteiger charge is -2.13. The maximum absolute atomic E-state index is 13.4. The van der Waals surface area contributed by atoms with Gasteiger partial charge in [0, 0.05) is 23.4 Å². The maximum atomic E-state index is 13.4. The second-order valence-electron chi connectivity index (χ2n) is 6.43. The van der Waals surface area contributed by atoms with Crippen molar-refractivity contribution in [1.29, 1.82) is 0 Å². The number of carbonyl (C=O) groups is 2. The number of sulfonamides is 1. The van der Waals surface area contributed by atoms with Gasteiger partial charge >= 0.3 is 5.69 Å². The van der Waals surface area contributed by atoms with Crippen molar-refractivity contribution in [3.63, 3.8) is 0 Å². The smallest absolute Gasteiger partial charge is 0.306 e. The van der Waals surface area contributed by atoms with E-state index in [0.29, 0.717) is 12.8 Å². The largest absolute Gasteiger partial charge is 0.322 e. The first kappa shape index (κ1) is 18.0. The number of amides is 2. The standard InChI is InChI=1S/C17H12FN3O6S/c18-13-6-2-10(8-14(13)21(24)25)19-16(22)9-1-5-12-15(7-9)28(26,27)20(17(12)23)11-3-4-11/h1-2,5-8,11H,3-4H2,(H,19,22).